The monoisotopic (exact) mass is 417 g/mol. The average Bonchev–Trinajstić information content (AvgIpc) is 2.93. The Morgan fingerprint density at radius 1 is 0.967 bits per heavy atom. The second-order valence-electron chi connectivity index (χ2n) is 7.87. The van der Waals surface area contributed by atoms with Crippen molar-refractivity contribution in [1.29, 1.82) is 0 Å². The number of carbonyl (C=O) groups excluding carboxylic acids is 3. The maximum absolute atomic E-state index is 12.3. The highest BCUT2D eigenvalue weighted by atomic mass is 16.6. The number of imide groups is 1. The SMILES string of the molecule is CN=C(NCCCCN1C(=O)c2ccccc2C1=O)NCCNC(=O)OC(C)(C)C. The molecule has 0 aromatic heterocycles. The molecular weight excluding hydrogens is 386 g/mol. The first-order valence-corrected chi connectivity index (χ1v) is 10.1. The van der Waals surface area contributed by atoms with Crippen LogP contribution in [0.3, 0.4) is 0 Å². The summed E-state index contributed by atoms with van der Waals surface area (Å²) in [5.74, 6) is 0.166. The van der Waals surface area contributed by atoms with Gasteiger partial charge in [-0.3, -0.25) is 19.5 Å². The first kappa shape index (κ1) is 23.2. The highest BCUT2D eigenvalue weighted by Crippen LogP contribution is 2.22. The maximum Gasteiger partial charge on any atom is 0.407 e. The number of carbonyl (C=O) groups is 3. The van der Waals surface area contributed by atoms with Crippen LogP contribution >= 0.6 is 0 Å². The third kappa shape index (κ3) is 6.75. The van der Waals surface area contributed by atoms with Gasteiger partial charge in [-0.25, -0.2) is 4.79 Å². The van der Waals surface area contributed by atoms with Gasteiger partial charge in [-0.1, -0.05) is 12.1 Å². The summed E-state index contributed by atoms with van der Waals surface area (Å²) >= 11 is 0. The van der Waals surface area contributed by atoms with Crippen molar-refractivity contribution in [1.82, 2.24) is 20.9 Å². The third-order valence-corrected chi connectivity index (χ3v) is 4.29. The van der Waals surface area contributed by atoms with Crippen LogP contribution in [0.1, 0.15) is 54.3 Å². The molecule has 9 nitrogen and oxygen atoms in total. The number of unbranched alkanes of at least 4 members (excludes halogenated alkanes) is 1. The zero-order valence-corrected chi connectivity index (χ0v) is 18.1. The number of rotatable bonds is 8. The lowest BCUT2D eigenvalue weighted by Crippen LogP contribution is -2.42. The predicted octanol–water partition coefficient (Wildman–Crippen LogP) is 1.75. The Morgan fingerprint density at radius 2 is 1.53 bits per heavy atom. The summed E-state index contributed by atoms with van der Waals surface area (Å²) in [4.78, 5) is 41.6. The van der Waals surface area contributed by atoms with Crippen molar-refractivity contribution in [2.24, 2.45) is 4.99 Å². The average molecular weight is 418 g/mol. The second-order valence-corrected chi connectivity index (χ2v) is 7.87. The van der Waals surface area contributed by atoms with E-state index in [9.17, 15) is 14.4 Å². The van der Waals surface area contributed by atoms with Crippen molar-refractivity contribution in [3.05, 3.63) is 35.4 Å². The lowest BCUT2D eigenvalue weighted by atomic mass is 10.1. The van der Waals surface area contributed by atoms with E-state index in [2.05, 4.69) is 20.9 Å². The molecule has 0 saturated carbocycles. The summed E-state index contributed by atoms with van der Waals surface area (Å²) in [5, 5.41) is 8.93. The molecule has 30 heavy (non-hydrogen) atoms. The summed E-state index contributed by atoms with van der Waals surface area (Å²) in [7, 11) is 1.66. The molecule has 0 atom stereocenters. The molecule has 0 aliphatic carbocycles. The van der Waals surface area contributed by atoms with E-state index in [1.54, 1.807) is 31.3 Å². The number of nitrogens with zero attached hydrogens (tertiary/aromatic N) is 2. The Hall–Kier alpha value is -3.10. The molecule has 1 aromatic carbocycles. The molecule has 9 heteroatoms. The van der Waals surface area contributed by atoms with Gasteiger partial charge in [-0.15, -0.1) is 0 Å². The third-order valence-electron chi connectivity index (χ3n) is 4.29. The number of hydrogen-bond acceptors (Lipinski definition) is 5. The molecule has 1 aromatic rings. The Bertz CT molecular complexity index is 766. The van der Waals surface area contributed by atoms with Gasteiger partial charge in [-0.05, 0) is 45.7 Å². The molecule has 3 amide bonds. The van der Waals surface area contributed by atoms with Gasteiger partial charge in [0.25, 0.3) is 11.8 Å². The Kier molecular flexibility index (Phi) is 8.20. The fourth-order valence-corrected chi connectivity index (χ4v) is 2.92. The van der Waals surface area contributed by atoms with Gasteiger partial charge in [0.15, 0.2) is 5.96 Å². The molecule has 0 unspecified atom stereocenters. The number of fused-ring (bicyclic) bond motifs is 1. The zero-order chi connectivity index (χ0) is 22.1. The largest absolute Gasteiger partial charge is 0.444 e. The van der Waals surface area contributed by atoms with Crippen molar-refractivity contribution in [3.8, 4) is 0 Å². The van der Waals surface area contributed by atoms with Gasteiger partial charge in [0, 0.05) is 33.2 Å². The molecule has 1 heterocycles. The number of aliphatic imine (C=N–C) groups is 1. The Labute approximate surface area is 177 Å². The van der Waals surface area contributed by atoms with E-state index in [1.165, 1.54) is 4.90 Å². The summed E-state index contributed by atoms with van der Waals surface area (Å²) in [6.07, 6.45) is 1.00. The number of amides is 3. The molecule has 1 aliphatic rings. The molecule has 1 aliphatic heterocycles. The van der Waals surface area contributed by atoms with Gasteiger partial charge in [0.05, 0.1) is 11.1 Å². The second kappa shape index (κ2) is 10.6. The molecule has 0 saturated heterocycles. The predicted molar refractivity (Wildman–Crippen MR) is 115 cm³/mol. The number of hydrogen-bond donors (Lipinski definition) is 3. The minimum atomic E-state index is -0.526. The van der Waals surface area contributed by atoms with E-state index in [4.69, 9.17) is 4.74 Å². The van der Waals surface area contributed by atoms with Crippen molar-refractivity contribution >= 4 is 23.9 Å². The van der Waals surface area contributed by atoms with Crippen LogP contribution in [0.2, 0.25) is 0 Å². The van der Waals surface area contributed by atoms with E-state index in [0.29, 0.717) is 49.7 Å². The fourth-order valence-electron chi connectivity index (χ4n) is 2.92. The lowest BCUT2D eigenvalue weighted by Gasteiger charge is -2.20. The molecular formula is C21H31N5O4. The van der Waals surface area contributed by atoms with Crippen LogP contribution < -0.4 is 16.0 Å². The van der Waals surface area contributed by atoms with Crippen LogP contribution in [0.5, 0.6) is 0 Å². The topological polar surface area (TPSA) is 112 Å². The van der Waals surface area contributed by atoms with Crippen LogP contribution in [0, 0.1) is 0 Å². The van der Waals surface area contributed by atoms with E-state index in [-0.39, 0.29) is 11.8 Å². The van der Waals surface area contributed by atoms with Crippen LogP contribution in [-0.2, 0) is 4.74 Å². The summed E-state index contributed by atoms with van der Waals surface area (Å²) < 4.78 is 5.17. The van der Waals surface area contributed by atoms with Crippen LogP contribution in [0.25, 0.3) is 0 Å². The van der Waals surface area contributed by atoms with Gasteiger partial charge >= 0.3 is 6.09 Å². The Morgan fingerprint density at radius 3 is 2.10 bits per heavy atom. The smallest absolute Gasteiger partial charge is 0.407 e. The normalized spacial score (nSPS) is 13.9. The number of benzene rings is 1. The van der Waals surface area contributed by atoms with Crippen LogP contribution in [0.4, 0.5) is 4.79 Å². The number of nitrogens with one attached hydrogen (secondary N) is 3. The fraction of sp³-hybridized carbons (Fsp3) is 0.524. The standard InChI is InChI=1S/C21H31N5O4/c1-21(2,3)30-20(29)25-13-12-24-19(22-4)23-11-7-8-14-26-17(27)15-9-5-6-10-16(15)18(26)28/h5-6,9-10H,7-8,11-14H2,1-4H3,(H,25,29)(H2,22,23,24). The quantitative estimate of drug-likeness (QED) is 0.257. The number of ether oxygens (including phenoxy) is 1. The molecule has 3 N–H and O–H groups in total. The zero-order valence-electron chi connectivity index (χ0n) is 18.1. The summed E-state index contributed by atoms with van der Waals surface area (Å²) in [5.41, 5.74) is 0.429. The molecule has 0 bridgehead atoms. The molecule has 0 fully saturated rings. The Balaban J connectivity index is 1.60. The summed E-state index contributed by atoms with van der Waals surface area (Å²) in [6, 6.07) is 6.90. The first-order valence-electron chi connectivity index (χ1n) is 10.1. The van der Waals surface area contributed by atoms with Gasteiger partial charge in [0.1, 0.15) is 5.60 Å². The van der Waals surface area contributed by atoms with Crippen LogP contribution in [-0.4, -0.2) is 67.6 Å². The van der Waals surface area contributed by atoms with Gasteiger partial charge in [-0.2, -0.15) is 0 Å². The van der Waals surface area contributed by atoms with E-state index < -0.39 is 11.7 Å². The lowest BCUT2D eigenvalue weighted by molar-refractivity contribution is 0.0527. The minimum Gasteiger partial charge on any atom is -0.444 e. The molecule has 2 rings (SSSR count). The van der Waals surface area contributed by atoms with E-state index in [1.807, 2.05) is 20.8 Å². The van der Waals surface area contributed by atoms with Crippen LogP contribution in [0.15, 0.2) is 29.3 Å². The highest BCUT2D eigenvalue weighted by molar-refractivity contribution is 6.21. The first-order chi connectivity index (χ1) is 14.2. The van der Waals surface area contributed by atoms with Crippen molar-refractivity contribution < 1.29 is 19.1 Å². The maximum atomic E-state index is 12.3. The molecule has 0 spiro atoms. The highest BCUT2D eigenvalue weighted by Gasteiger charge is 2.34. The minimum absolute atomic E-state index is 0.224. The van der Waals surface area contributed by atoms with Crippen molar-refractivity contribution in [3.63, 3.8) is 0 Å². The number of guanidine groups is 1. The van der Waals surface area contributed by atoms with Crippen molar-refractivity contribution in [2.75, 3.05) is 33.2 Å². The number of alkyl carbamates (subject to hydrolysis) is 1. The summed E-state index contributed by atoms with van der Waals surface area (Å²) in [6.45, 7) is 7.35. The van der Waals surface area contributed by atoms with Gasteiger partial charge in [0.2, 0.25) is 0 Å². The molecule has 0 radical (unpaired) electrons. The van der Waals surface area contributed by atoms with Crippen molar-refractivity contribution in [2.45, 2.75) is 39.2 Å². The van der Waals surface area contributed by atoms with E-state index in [0.717, 1.165) is 6.42 Å². The van der Waals surface area contributed by atoms with Gasteiger partial charge < -0.3 is 20.7 Å². The van der Waals surface area contributed by atoms with E-state index >= 15 is 0 Å². The molecule has 164 valence electrons.